The highest BCUT2D eigenvalue weighted by atomic mass is 32.2. The van der Waals surface area contributed by atoms with Crippen molar-refractivity contribution in [2.45, 2.75) is 24.8 Å². The summed E-state index contributed by atoms with van der Waals surface area (Å²) in [4.78, 5) is 2.43. The average Bonchev–Trinajstić information content (AvgIpc) is 2.03. The molecule has 2 aliphatic heterocycles. The summed E-state index contributed by atoms with van der Waals surface area (Å²) in [6, 6.07) is 0. The Morgan fingerprint density at radius 1 is 1.27 bits per heavy atom. The molecule has 0 aromatic carbocycles. The molecule has 0 saturated carbocycles. The van der Waals surface area contributed by atoms with Crippen LogP contribution in [0, 0.1) is 0 Å². The van der Waals surface area contributed by atoms with Gasteiger partial charge in [0, 0.05) is 34.4 Å². The molecule has 0 N–H and O–H groups in total. The fourth-order valence-corrected chi connectivity index (χ4v) is 3.54. The van der Waals surface area contributed by atoms with Gasteiger partial charge in [0.1, 0.15) is 0 Å². The minimum Gasteiger partial charge on any atom is -0.301 e. The minimum absolute atomic E-state index is 0.480. The van der Waals surface area contributed by atoms with E-state index >= 15 is 0 Å². The molecule has 2 rings (SSSR count). The predicted molar refractivity (Wildman–Crippen MR) is 47.1 cm³/mol. The fraction of sp³-hybridized carbons (Fsp3) is 1.00. The van der Waals surface area contributed by atoms with Gasteiger partial charge < -0.3 is 4.90 Å². The van der Waals surface area contributed by atoms with Crippen molar-refractivity contribution >= 4 is 10.8 Å². The first-order valence-electron chi connectivity index (χ1n) is 4.29. The Morgan fingerprint density at radius 3 is 2.27 bits per heavy atom. The molecular weight excluding hydrogens is 158 g/mol. The van der Waals surface area contributed by atoms with Crippen molar-refractivity contribution in [3.05, 3.63) is 0 Å². The summed E-state index contributed by atoms with van der Waals surface area (Å²) >= 11 is 0. The molecule has 0 radical (unpaired) electrons. The minimum atomic E-state index is -0.496. The van der Waals surface area contributed by atoms with Crippen molar-refractivity contribution in [2.75, 3.05) is 25.1 Å². The maximum atomic E-state index is 11.1. The standard InChI is InChI=1S/C8H15NOS/c1-9-5-2-8(9)3-6-11(10)7-4-8/h2-7H2,1H3. The van der Waals surface area contributed by atoms with E-state index in [0.29, 0.717) is 5.54 Å². The second-order valence-corrected chi connectivity index (χ2v) is 5.44. The van der Waals surface area contributed by atoms with E-state index < -0.39 is 10.8 Å². The van der Waals surface area contributed by atoms with Crippen LogP contribution < -0.4 is 0 Å². The van der Waals surface area contributed by atoms with Crippen LogP contribution >= 0.6 is 0 Å². The van der Waals surface area contributed by atoms with Gasteiger partial charge in [-0.15, -0.1) is 0 Å². The molecule has 2 saturated heterocycles. The molecule has 11 heavy (non-hydrogen) atoms. The highest BCUT2D eigenvalue weighted by molar-refractivity contribution is 7.85. The number of nitrogens with zero attached hydrogens (tertiary/aromatic N) is 1. The monoisotopic (exact) mass is 173 g/mol. The molecule has 0 unspecified atom stereocenters. The van der Waals surface area contributed by atoms with Crippen molar-refractivity contribution in [3.8, 4) is 0 Å². The van der Waals surface area contributed by atoms with Crippen LogP contribution in [0.4, 0.5) is 0 Å². The van der Waals surface area contributed by atoms with Crippen LogP contribution in [0.5, 0.6) is 0 Å². The zero-order valence-corrected chi connectivity index (χ0v) is 7.82. The molecule has 0 bridgehead atoms. The predicted octanol–water partition coefficient (Wildman–Crippen LogP) is 0.603. The van der Waals surface area contributed by atoms with Gasteiger partial charge in [-0.2, -0.15) is 0 Å². The Balaban J connectivity index is 2.01. The summed E-state index contributed by atoms with van der Waals surface area (Å²) in [5, 5.41) is 0. The summed E-state index contributed by atoms with van der Waals surface area (Å²) < 4.78 is 11.1. The Hall–Kier alpha value is 0.110. The van der Waals surface area contributed by atoms with Crippen molar-refractivity contribution < 1.29 is 4.21 Å². The second kappa shape index (κ2) is 2.56. The van der Waals surface area contributed by atoms with Gasteiger partial charge in [0.15, 0.2) is 0 Å². The molecule has 0 amide bonds. The van der Waals surface area contributed by atoms with E-state index in [1.807, 2.05) is 0 Å². The van der Waals surface area contributed by atoms with E-state index in [1.165, 1.54) is 13.0 Å². The molecule has 3 heteroatoms. The molecule has 0 aromatic rings. The van der Waals surface area contributed by atoms with Gasteiger partial charge in [-0.25, -0.2) is 0 Å². The molecule has 2 fully saturated rings. The van der Waals surface area contributed by atoms with Crippen LogP contribution in [-0.4, -0.2) is 39.7 Å². The average molecular weight is 173 g/mol. The van der Waals surface area contributed by atoms with Crippen molar-refractivity contribution in [2.24, 2.45) is 0 Å². The lowest BCUT2D eigenvalue weighted by Crippen LogP contribution is -2.60. The Labute approximate surface area is 70.4 Å². The molecule has 1 spiro atoms. The van der Waals surface area contributed by atoms with E-state index in [4.69, 9.17) is 0 Å². The first kappa shape index (κ1) is 7.74. The van der Waals surface area contributed by atoms with Crippen LogP contribution in [0.25, 0.3) is 0 Å². The van der Waals surface area contributed by atoms with Gasteiger partial charge in [-0.05, 0) is 26.3 Å². The molecule has 2 heterocycles. The largest absolute Gasteiger partial charge is 0.301 e. The van der Waals surface area contributed by atoms with Gasteiger partial charge in [-0.1, -0.05) is 0 Å². The Kier molecular flexibility index (Phi) is 1.80. The summed E-state index contributed by atoms with van der Waals surface area (Å²) in [6.45, 7) is 1.24. The van der Waals surface area contributed by atoms with Crippen LogP contribution in [0.15, 0.2) is 0 Å². The summed E-state index contributed by atoms with van der Waals surface area (Å²) in [6.07, 6.45) is 3.66. The van der Waals surface area contributed by atoms with Crippen LogP contribution in [0.2, 0.25) is 0 Å². The highest BCUT2D eigenvalue weighted by Gasteiger charge is 2.43. The van der Waals surface area contributed by atoms with Gasteiger partial charge in [0.05, 0.1) is 0 Å². The van der Waals surface area contributed by atoms with Crippen molar-refractivity contribution in [3.63, 3.8) is 0 Å². The Bertz CT molecular complexity index is 183. The van der Waals surface area contributed by atoms with E-state index in [1.54, 1.807) is 0 Å². The molecule has 0 aromatic heterocycles. The second-order valence-electron chi connectivity index (χ2n) is 3.74. The molecule has 2 nitrogen and oxygen atoms in total. The van der Waals surface area contributed by atoms with Crippen LogP contribution in [0.3, 0.4) is 0 Å². The van der Waals surface area contributed by atoms with E-state index in [0.717, 1.165) is 24.3 Å². The maximum Gasteiger partial charge on any atom is 0.0252 e. The van der Waals surface area contributed by atoms with Gasteiger partial charge in [0.2, 0.25) is 0 Å². The molecule has 2 aliphatic rings. The topological polar surface area (TPSA) is 20.3 Å². The number of rotatable bonds is 0. The summed E-state index contributed by atoms with van der Waals surface area (Å²) in [5.74, 6) is 1.87. The van der Waals surface area contributed by atoms with Crippen LogP contribution in [-0.2, 0) is 10.8 Å². The first-order valence-corrected chi connectivity index (χ1v) is 5.78. The van der Waals surface area contributed by atoms with E-state index in [9.17, 15) is 4.21 Å². The molecule has 64 valence electrons. The van der Waals surface area contributed by atoms with E-state index in [-0.39, 0.29) is 0 Å². The molecular formula is C8H15NOS. The molecule has 0 aliphatic carbocycles. The normalized spacial score (nSPS) is 45.7. The molecule has 0 atom stereocenters. The summed E-state index contributed by atoms with van der Waals surface area (Å²) in [7, 11) is 1.70. The number of hydrogen-bond acceptors (Lipinski definition) is 2. The van der Waals surface area contributed by atoms with Gasteiger partial charge in [-0.3, -0.25) is 4.21 Å². The first-order chi connectivity index (χ1) is 5.23. The number of likely N-dealkylation sites (tertiary alicyclic amines) is 1. The fourth-order valence-electron chi connectivity index (χ4n) is 2.12. The lowest BCUT2D eigenvalue weighted by atomic mass is 9.80. The van der Waals surface area contributed by atoms with E-state index in [2.05, 4.69) is 11.9 Å². The zero-order valence-electron chi connectivity index (χ0n) is 7.01. The van der Waals surface area contributed by atoms with Gasteiger partial charge >= 0.3 is 0 Å². The zero-order chi connectivity index (χ0) is 7.90. The quantitative estimate of drug-likeness (QED) is 0.535. The third kappa shape index (κ3) is 1.14. The third-order valence-electron chi connectivity index (χ3n) is 3.31. The number of hydrogen-bond donors (Lipinski definition) is 0. The highest BCUT2D eigenvalue weighted by Crippen LogP contribution is 2.38. The van der Waals surface area contributed by atoms with Gasteiger partial charge in [0.25, 0.3) is 0 Å². The maximum absolute atomic E-state index is 11.1. The van der Waals surface area contributed by atoms with Crippen molar-refractivity contribution in [1.82, 2.24) is 4.90 Å². The SMILES string of the molecule is CN1CCC12CCS(=O)CC2. The lowest BCUT2D eigenvalue weighted by Gasteiger charge is -2.53. The summed E-state index contributed by atoms with van der Waals surface area (Å²) in [5.41, 5.74) is 0.480. The van der Waals surface area contributed by atoms with Crippen LogP contribution in [0.1, 0.15) is 19.3 Å². The lowest BCUT2D eigenvalue weighted by molar-refractivity contribution is 0.00332. The van der Waals surface area contributed by atoms with Crippen molar-refractivity contribution in [1.29, 1.82) is 0 Å². The Morgan fingerprint density at radius 2 is 1.91 bits per heavy atom. The third-order valence-corrected chi connectivity index (χ3v) is 4.63. The smallest absolute Gasteiger partial charge is 0.0252 e.